The molecular formula is C26H26N4O3S. The van der Waals surface area contributed by atoms with Crippen LogP contribution >= 0.6 is 11.3 Å². The zero-order chi connectivity index (χ0) is 24.1. The molecule has 174 valence electrons. The molecule has 0 radical (unpaired) electrons. The second kappa shape index (κ2) is 10.4. The Morgan fingerprint density at radius 2 is 1.62 bits per heavy atom. The topological polar surface area (TPSA) is 96.3 Å². The van der Waals surface area contributed by atoms with E-state index in [-0.39, 0.29) is 12.5 Å². The van der Waals surface area contributed by atoms with Crippen molar-refractivity contribution in [3.8, 4) is 10.6 Å². The van der Waals surface area contributed by atoms with Crippen LogP contribution in [0.1, 0.15) is 38.6 Å². The highest BCUT2D eigenvalue weighted by Crippen LogP contribution is 2.25. The Kier molecular flexibility index (Phi) is 7.08. The van der Waals surface area contributed by atoms with E-state index in [4.69, 9.17) is 10.1 Å². The van der Waals surface area contributed by atoms with Crippen LogP contribution in [0.15, 0.2) is 66.0 Å². The minimum absolute atomic E-state index is 0.126. The van der Waals surface area contributed by atoms with Gasteiger partial charge in [0.25, 0.3) is 5.91 Å². The molecule has 2 aromatic carbocycles. The van der Waals surface area contributed by atoms with Crippen LogP contribution in [0, 0.1) is 13.8 Å². The van der Waals surface area contributed by atoms with Gasteiger partial charge in [-0.25, -0.2) is 9.78 Å². The fraction of sp³-hybridized carbons (Fsp3) is 0.192. The number of benzene rings is 2. The van der Waals surface area contributed by atoms with Crippen LogP contribution in [-0.4, -0.2) is 26.7 Å². The number of carboxylic acid groups (broad SMARTS) is 1. The standard InChI is InChI=1S/C26H26N4O3S/c1-17-12-23(24(31)27-13-19-8-10-20(11-9-19)14-28-26(32)33)18(2)30(17)15-22-16-34-25(29-22)21-6-4-3-5-7-21/h3-12,16,28H,13-15H2,1-2H3,(H,27,31)(H,32,33). The molecule has 0 aliphatic heterocycles. The molecule has 4 rings (SSSR count). The monoisotopic (exact) mass is 474 g/mol. The normalized spacial score (nSPS) is 10.8. The van der Waals surface area contributed by atoms with Crippen LogP contribution in [0.25, 0.3) is 10.6 Å². The number of hydrogen-bond acceptors (Lipinski definition) is 4. The Morgan fingerprint density at radius 1 is 0.971 bits per heavy atom. The van der Waals surface area contributed by atoms with Gasteiger partial charge < -0.3 is 20.3 Å². The maximum atomic E-state index is 12.9. The van der Waals surface area contributed by atoms with Gasteiger partial charge in [-0.15, -0.1) is 11.3 Å². The first kappa shape index (κ1) is 23.3. The van der Waals surface area contributed by atoms with Gasteiger partial charge in [0.15, 0.2) is 0 Å². The van der Waals surface area contributed by atoms with E-state index < -0.39 is 6.09 Å². The Balaban J connectivity index is 1.39. The number of hydrogen-bond donors (Lipinski definition) is 3. The smallest absolute Gasteiger partial charge is 0.404 e. The number of nitrogens with zero attached hydrogens (tertiary/aromatic N) is 2. The zero-order valence-electron chi connectivity index (χ0n) is 19.0. The molecule has 34 heavy (non-hydrogen) atoms. The van der Waals surface area contributed by atoms with Gasteiger partial charge in [0.05, 0.1) is 17.8 Å². The van der Waals surface area contributed by atoms with E-state index in [0.29, 0.717) is 18.7 Å². The third kappa shape index (κ3) is 5.52. The molecule has 0 atom stereocenters. The molecular weight excluding hydrogens is 448 g/mol. The molecule has 0 aliphatic carbocycles. The Labute approximate surface area is 202 Å². The first-order chi connectivity index (χ1) is 16.4. The number of carbonyl (C=O) groups excluding carboxylic acids is 1. The molecule has 0 saturated heterocycles. The van der Waals surface area contributed by atoms with Crippen molar-refractivity contribution in [1.82, 2.24) is 20.2 Å². The molecule has 0 unspecified atom stereocenters. The van der Waals surface area contributed by atoms with Crippen molar-refractivity contribution in [2.45, 2.75) is 33.5 Å². The van der Waals surface area contributed by atoms with E-state index in [1.807, 2.05) is 62.4 Å². The lowest BCUT2D eigenvalue weighted by atomic mass is 10.1. The van der Waals surface area contributed by atoms with E-state index in [1.54, 1.807) is 11.3 Å². The van der Waals surface area contributed by atoms with Crippen LogP contribution in [-0.2, 0) is 19.6 Å². The summed E-state index contributed by atoms with van der Waals surface area (Å²) in [6, 6.07) is 19.5. The number of aryl methyl sites for hydroxylation is 1. The molecule has 0 fully saturated rings. The zero-order valence-corrected chi connectivity index (χ0v) is 19.9. The molecule has 0 saturated carbocycles. The van der Waals surface area contributed by atoms with E-state index in [0.717, 1.165) is 38.8 Å². The molecule has 2 amide bonds. The molecule has 2 heterocycles. The third-order valence-corrected chi connectivity index (χ3v) is 6.57. The largest absolute Gasteiger partial charge is 0.465 e. The summed E-state index contributed by atoms with van der Waals surface area (Å²) in [7, 11) is 0. The second-order valence-electron chi connectivity index (χ2n) is 8.04. The number of aromatic nitrogens is 2. The molecule has 0 bridgehead atoms. The van der Waals surface area contributed by atoms with Crippen molar-refractivity contribution in [3.63, 3.8) is 0 Å². The molecule has 0 aliphatic rings. The van der Waals surface area contributed by atoms with Gasteiger partial charge >= 0.3 is 6.09 Å². The summed E-state index contributed by atoms with van der Waals surface area (Å²) in [6.45, 7) is 5.20. The van der Waals surface area contributed by atoms with Gasteiger partial charge in [0.1, 0.15) is 5.01 Å². The van der Waals surface area contributed by atoms with Gasteiger partial charge in [0.2, 0.25) is 0 Å². The fourth-order valence-corrected chi connectivity index (χ4v) is 4.58. The van der Waals surface area contributed by atoms with Crippen LogP contribution in [0.5, 0.6) is 0 Å². The summed E-state index contributed by atoms with van der Waals surface area (Å²) in [4.78, 5) is 28.3. The van der Waals surface area contributed by atoms with E-state index in [1.165, 1.54) is 0 Å². The molecule has 4 aromatic rings. The van der Waals surface area contributed by atoms with E-state index in [9.17, 15) is 9.59 Å². The average Bonchev–Trinajstić information content (AvgIpc) is 3.43. The Morgan fingerprint density at radius 3 is 2.26 bits per heavy atom. The third-order valence-electron chi connectivity index (χ3n) is 5.63. The predicted octanol–water partition coefficient (Wildman–Crippen LogP) is 4.97. The first-order valence-electron chi connectivity index (χ1n) is 10.9. The summed E-state index contributed by atoms with van der Waals surface area (Å²) in [5, 5.41) is 17.1. The van der Waals surface area contributed by atoms with Crippen LogP contribution in [0.3, 0.4) is 0 Å². The van der Waals surface area contributed by atoms with Gasteiger partial charge in [-0.05, 0) is 31.0 Å². The van der Waals surface area contributed by atoms with Crippen molar-refractivity contribution in [1.29, 1.82) is 0 Å². The number of carbonyl (C=O) groups is 2. The quantitative estimate of drug-likeness (QED) is 0.336. The lowest BCUT2D eigenvalue weighted by Gasteiger charge is -2.09. The Hall–Kier alpha value is -3.91. The highest BCUT2D eigenvalue weighted by atomic mass is 32.1. The number of thiazole rings is 1. The average molecular weight is 475 g/mol. The first-order valence-corrected chi connectivity index (χ1v) is 11.8. The van der Waals surface area contributed by atoms with E-state index in [2.05, 4.69) is 32.7 Å². The number of amides is 2. The molecule has 8 heteroatoms. The summed E-state index contributed by atoms with van der Waals surface area (Å²) < 4.78 is 2.11. The second-order valence-corrected chi connectivity index (χ2v) is 8.90. The minimum Gasteiger partial charge on any atom is -0.465 e. The molecule has 3 N–H and O–H groups in total. The lowest BCUT2D eigenvalue weighted by molar-refractivity contribution is 0.0950. The fourth-order valence-electron chi connectivity index (χ4n) is 3.76. The van der Waals surface area contributed by atoms with Crippen molar-refractivity contribution in [2.75, 3.05) is 0 Å². The number of rotatable bonds is 8. The molecule has 2 aromatic heterocycles. The van der Waals surface area contributed by atoms with Crippen molar-refractivity contribution in [2.24, 2.45) is 0 Å². The summed E-state index contributed by atoms with van der Waals surface area (Å²) in [5.41, 5.74) is 6.43. The maximum absolute atomic E-state index is 12.9. The SMILES string of the molecule is Cc1cc(C(=O)NCc2ccc(CNC(=O)O)cc2)c(C)n1Cc1csc(-c2ccccc2)n1. The van der Waals surface area contributed by atoms with E-state index >= 15 is 0 Å². The highest BCUT2D eigenvalue weighted by molar-refractivity contribution is 7.13. The van der Waals surface area contributed by atoms with Crippen LogP contribution in [0.2, 0.25) is 0 Å². The summed E-state index contributed by atoms with van der Waals surface area (Å²) >= 11 is 1.62. The summed E-state index contributed by atoms with van der Waals surface area (Å²) in [5.74, 6) is -0.126. The van der Waals surface area contributed by atoms with Crippen molar-refractivity contribution < 1.29 is 14.7 Å². The van der Waals surface area contributed by atoms with Gasteiger partial charge in [-0.2, -0.15) is 0 Å². The minimum atomic E-state index is -1.06. The van der Waals surface area contributed by atoms with Crippen molar-refractivity contribution in [3.05, 3.63) is 99.8 Å². The lowest BCUT2D eigenvalue weighted by Crippen LogP contribution is -2.23. The van der Waals surface area contributed by atoms with Crippen LogP contribution < -0.4 is 10.6 Å². The summed E-state index contributed by atoms with van der Waals surface area (Å²) in [6.07, 6.45) is -1.06. The predicted molar refractivity (Wildman–Crippen MR) is 133 cm³/mol. The van der Waals surface area contributed by atoms with Gasteiger partial charge in [0, 0.05) is 35.4 Å². The Bertz CT molecular complexity index is 1290. The van der Waals surface area contributed by atoms with Gasteiger partial charge in [-0.1, -0.05) is 54.6 Å². The molecule has 7 nitrogen and oxygen atoms in total. The van der Waals surface area contributed by atoms with Gasteiger partial charge in [-0.3, -0.25) is 4.79 Å². The number of nitrogens with one attached hydrogen (secondary N) is 2. The van der Waals surface area contributed by atoms with Crippen LogP contribution in [0.4, 0.5) is 4.79 Å². The van der Waals surface area contributed by atoms with Crippen molar-refractivity contribution >= 4 is 23.3 Å². The highest BCUT2D eigenvalue weighted by Gasteiger charge is 2.17. The molecule has 0 spiro atoms. The maximum Gasteiger partial charge on any atom is 0.404 e.